The maximum absolute atomic E-state index is 13.8. The van der Waals surface area contributed by atoms with Gasteiger partial charge in [0.2, 0.25) is 17.6 Å². The summed E-state index contributed by atoms with van der Waals surface area (Å²) in [6.45, 7) is 0. The Kier molecular flexibility index (Phi) is 4.50. The number of fused-ring (bicyclic) bond motifs is 5. The highest BCUT2D eigenvalue weighted by Crippen LogP contribution is 2.50. The molecule has 0 spiro atoms. The number of nitrogens with zero attached hydrogens (tertiary/aromatic N) is 2. The Morgan fingerprint density at radius 1 is 0.909 bits per heavy atom. The first-order valence-corrected chi connectivity index (χ1v) is 11.2. The smallest absolute Gasteiger partial charge is 0.240 e. The number of para-hydroxylation sites is 1. The number of amides is 2. The molecule has 2 amide bonds. The van der Waals surface area contributed by atoms with Gasteiger partial charge < -0.3 is 9.32 Å². The summed E-state index contributed by atoms with van der Waals surface area (Å²) in [6, 6.07) is 14.1. The van der Waals surface area contributed by atoms with Crippen LogP contribution in [0.4, 0.5) is 11.4 Å². The molecular formula is C25H16Cl2N2O4. The lowest BCUT2D eigenvalue weighted by atomic mass is 9.87. The van der Waals surface area contributed by atoms with Crippen LogP contribution in [0.1, 0.15) is 16.1 Å². The second-order valence-electron chi connectivity index (χ2n) is 8.26. The molecule has 8 heteroatoms. The van der Waals surface area contributed by atoms with Gasteiger partial charge in [-0.3, -0.25) is 14.4 Å². The Morgan fingerprint density at radius 3 is 2.45 bits per heavy atom. The van der Waals surface area contributed by atoms with Crippen LogP contribution >= 0.6 is 23.2 Å². The lowest BCUT2D eigenvalue weighted by Crippen LogP contribution is -2.48. The van der Waals surface area contributed by atoms with Crippen LogP contribution in [0.2, 0.25) is 10.0 Å². The second kappa shape index (κ2) is 7.33. The number of halogens is 2. The van der Waals surface area contributed by atoms with Crippen molar-refractivity contribution in [2.24, 2.45) is 11.8 Å². The Labute approximate surface area is 199 Å². The Balaban J connectivity index is 1.51. The average Bonchev–Trinajstić information content (AvgIpc) is 3.51. The van der Waals surface area contributed by atoms with Gasteiger partial charge in [0, 0.05) is 10.7 Å². The van der Waals surface area contributed by atoms with E-state index in [0.29, 0.717) is 5.02 Å². The topological polar surface area (TPSA) is 70.8 Å². The SMILES string of the molecule is O=C(c1ccco1)[C@@H]1[C@@H]2C(=O)N(c3ccc(Cl)cc3Cl)C(=O)[C@H]2[C@H]2C=Cc3ccccc3N21. The van der Waals surface area contributed by atoms with Gasteiger partial charge in [0.1, 0.15) is 6.04 Å². The molecule has 2 fully saturated rings. The Bertz CT molecular complexity index is 1350. The van der Waals surface area contributed by atoms with Crippen LogP contribution in [0.25, 0.3) is 6.08 Å². The first-order chi connectivity index (χ1) is 16.0. The van der Waals surface area contributed by atoms with Gasteiger partial charge in [-0.15, -0.1) is 0 Å². The van der Waals surface area contributed by atoms with Crippen molar-refractivity contribution in [1.29, 1.82) is 0 Å². The van der Waals surface area contributed by atoms with Crippen LogP contribution in [0.5, 0.6) is 0 Å². The minimum absolute atomic E-state index is 0.148. The maximum Gasteiger partial charge on any atom is 0.240 e. The number of carbonyl (C=O) groups excluding carboxylic acids is 3. The fraction of sp³-hybridized carbons (Fsp3) is 0.160. The molecule has 6 rings (SSSR count). The van der Waals surface area contributed by atoms with Crippen LogP contribution in [-0.4, -0.2) is 29.7 Å². The number of hydrogen-bond acceptors (Lipinski definition) is 5. The molecule has 0 unspecified atom stereocenters. The minimum Gasteiger partial charge on any atom is -0.461 e. The van der Waals surface area contributed by atoms with E-state index in [4.69, 9.17) is 27.6 Å². The number of furan rings is 1. The molecule has 2 aromatic carbocycles. The van der Waals surface area contributed by atoms with Crippen LogP contribution in [0.3, 0.4) is 0 Å². The average molecular weight is 479 g/mol. The lowest BCUT2D eigenvalue weighted by Gasteiger charge is -2.36. The second-order valence-corrected chi connectivity index (χ2v) is 9.11. The van der Waals surface area contributed by atoms with E-state index in [1.54, 1.807) is 24.3 Å². The zero-order valence-electron chi connectivity index (χ0n) is 17.0. The first kappa shape index (κ1) is 20.3. The predicted octanol–water partition coefficient (Wildman–Crippen LogP) is 4.86. The summed E-state index contributed by atoms with van der Waals surface area (Å²) >= 11 is 12.4. The Hall–Kier alpha value is -3.35. The van der Waals surface area contributed by atoms with Crippen LogP contribution in [0.15, 0.2) is 71.4 Å². The summed E-state index contributed by atoms with van der Waals surface area (Å²) < 4.78 is 5.39. The predicted molar refractivity (Wildman–Crippen MR) is 125 cm³/mol. The molecule has 6 nitrogen and oxygen atoms in total. The van der Waals surface area contributed by atoms with E-state index in [-0.39, 0.29) is 28.2 Å². The fourth-order valence-electron chi connectivity index (χ4n) is 5.28. The van der Waals surface area contributed by atoms with E-state index < -0.39 is 29.8 Å². The maximum atomic E-state index is 13.8. The lowest BCUT2D eigenvalue weighted by molar-refractivity contribution is -0.122. The van der Waals surface area contributed by atoms with Crippen LogP contribution in [-0.2, 0) is 9.59 Å². The highest BCUT2D eigenvalue weighted by molar-refractivity contribution is 6.38. The molecule has 0 aliphatic carbocycles. The Morgan fingerprint density at radius 2 is 1.70 bits per heavy atom. The van der Waals surface area contributed by atoms with E-state index in [2.05, 4.69) is 0 Å². The molecular weight excluding hydrogens is 463 g/mol. The monoisotopic (exact) mass is 478 g/mol. The van der Waals surface area contributed by atoms with Gasteiger partial charge in [-0.2, -0.15) is 0 Å². The molecule has 3 aromatic rings. The van der Waals surface area contributed by atoms with Gasteiger partial charge >= 0.3 is 0 Å². The molecule has 3 aliphatic heterocycles. The van der Waals surface area contributed by atoms with Gasteiger partial charge in [-0.1, -0.05) is 53.6 Å². The molecule has 4 atom stereocenters. The van der Waals surface area contributed by atoms with Gasteiger partial charge in [0.25, 0.3) is 0 Å². The number of hydrogen-bond donors (Lipinski definition) is 0. The highest BCUT2D eigenvalue weighted by atomic mass is 35.5. The van der Waals surface area contributed by atoms with Crippen LogP contribution < -0.4 is 9.80 Å². The zero-order chi connectivity index (χ0) is 22.9. The number of rotatable bonds is 3. The van der Waals surface area contributed by atoms with Crippen molar-refractivity contribution in [1.82, 2.24) is 0 Å². The number of carbonyl (C=O) groups is 3. The molecule has 4 heterocycles. The molecule has 0 N–H and O–H groups in total. The van der Waals surface area contributed by atoms with Crippen LogP contribution in [0, 0.1) is 11.8 Å². The van der Waals surface area contributed by atoms with Gasteiger partial charge in [0.15, 0.2) is 5.76 Å². The van der Waals surface area contributed by atoms with Gasteiger partial charge in [0.05, 0.1) is 34.9 Å². The molecule has 0 radical (unpaired) electrons. The van der Waals surface area contributed by atoms with Crippen molar-refractivity contribution in [3.8, 4) is 0 Å². The number of benzene rings is 2. The van der Waals surface area contributed by atoms with Crippen molar-refractivity contribution in [2.75, 3.05) is 9.80 Å². The molecule has 164 valence electrons. The van der Waals surface area contributed by atoms with E-state index in [1.165, 1.54) is 12.3 Å². The summed E-state index contributed by atoms with van der Waals surface area (Å²) in [4.78, 5) is 44.1. The molecule has 2 saturated heterocycles. The zero-order valence-corrected chi connectivity index (χ0v) is 18.5. The first-order valence-electron chi connectivity index (χ1n) is 10.4. The molecule has 0 bridgehead atoms. The third kappa shape index (κ3) is 2.84. The van der Waals surface area contributed by atoms with Crippen molar-refractivity contribution in [2.45, 2.75) is 12.1 Å². The van der Waals surface area contributed by atoms with E-state index in [1.807, 2.05) is 41.3 Å². The molecule has 0 saturated carbocycles. The van der Waals surface area contributed by atoms with E-state index in [0.717, 1.165) is 16.2 Å². The van der Waals surface area contributed by atoms with E-state index >= 15 is 0 Å². The van der Waals surface area contributed by atoms with Gasteiger partial charge in [-0.25, -0.2) is 4.90 Å². The molecule has 1 aromatic heterocycles. The molecule has 3 aliphatic rings. The van der Waals surface area contributed by atoms with Gasteiger partial charge in [-0.05, 0) is 42.0 Å². The van der Waals surface area contributed by atoms with Crippen molar-refractivity contribution in [3.63, 3.8) is 0 Å². The normalized spacial score (nSPS) is 25.3. The van der Waals surface area contributed by atoms with Crippen molar-refractivity contribution < 1.29 is 18.8 Å². The number of imide groups is 1. The number of ketones is 1. The number of anilines is 2. The van der Waals surface area contributed by atoms with Crippen molar-refractivity contribution >= 4 is 58.3 Å². The summed E-state index contributed by atoms with van der Waals surface area (Å²) in [5.74, 6) is -2.66. The minimum atomic E-state index is -0.898. The summed E-state index contributed by atoms with van der Waals surface area (Å²) in [5, 5.41) is 0.589. The largest absolute Gasteiger partial charge is 0.461 e. The number of Topliss-reactive ketones (excluding diaryl/α,β-unsaturated/α-hetero) is 1. The molecule has 33 heavy (non-hydrogen) atoms. The van der Waals surface area contributed by atoms with Crippen molar-refractivity contribution in [3.05, 3.63) is 88.3 Å². The fourth-order valence-corrected chi connectivity index (χ4v) is 5.77. The summed E-state index contributed by atoms with van der Waals surface area (Å²) in [6.07, 6.45) is 5.25. The summed E-state index contributed by atoms with van der Waals surface area (Å²) in [7, 11) is 0. The third-order valence-corrected chi connectivity index (χ3v) is 7.14. The quantitative estimate of drug-likeness (QED) is 0.397. The third-order valence-electron chi connectivity index (χ3n) is 6.60. The standard InChI is InChI=1S/C25H16Cl2N2O4/c26-14-8-10-17(15(27)12-14)29-24(31)20-18-9-7-13-4-1-2-5-16(13)28(18)22(21(20)25(29)32)23(30)19-6-3-11-33-19/h1-12,18,20-22H/t18-,20+,21-,22+/m1/s1. The summed E-state index contributed by atoms with van der Waals surface area (Å²) in [5.41, 5.74) is 1.99. The highest BCUT2D eigenvalue weighted by Gasteiger charge is 2.64. The van der Waals surface area contributed by atoms with E-state index in [9.17, 15) is 14.4 Å².